The summed E-state index contributed by atoms with van der Waals surface area (Å²) in [4.78, 5) is 0. The van der Waals surface area contributed by atoms with Crippen LogP contribution in [-0.4, -0.2) is 12.4 Å². The number of halogens is 6. The van der Waals surface area contributed by atoms with E-state index in [-0.39, 0.29) is 0 Å². The van der Waals surface area contributed by atoms with Crippen molar-refractivity contribution >= 4 is 0 Å². The molecule has 0 atom stereocenters. The second kappa shape index (κ2) is 4.23. The van der Waals surface area contributed by atoms with E-state index < -0.39 is 36.3 Å². The smallest absolute Gasteiger partial charge is 0.166 e. The van der Waals surface area contributed by atoms with E-state index in [9.17, 15) is 26.3 Å². The van der Waals surface area contributed by atoms with Crippen LogP contribution < -0.4 is 0 Å². The van der Waals surface area contributed by atoms with Crippen LogP contribution in [0.2, 0.25) is 0 Å². The van der Waals surface area contributed by atoms with Gasteiger partial charge in [0.25, 0.3) is 0 Å². The number of hydrogen-bond acceptors (Lipinski definition) is 0. The van der Waals surface area contributed by atoms with Gasteiger partial charge in [0.15, 0.2) is 0 Å². The van der Waals surface area contributed by atoms with Gasteiger partial charge in [0.2, 0.25) is 0 Å². The van der Waals surface area contributed by atoms with Crippen LogP contribution in [0.4, 0.5) is 26.3 Å². The molecule has 0 aromatic heterocycles. The summed E-state index contributed by atoms with van der Waals surface area (Å²) < 4.78 is 72.8. The van der Waals surface area contributed by atoms with E-state index in [4.69, 9.17) is 0 Å². The monoisotopic (exact) mass is 220 g/mol. The SMILES string of the molecule is CCC(=C(CC)C(F)(F)F)C(F)(F)F. The van der Waals surface area contributed by atoms with Gasteiger partial charge >= 0.3 is 12.4 Å². The zero-order chi connectivity index (χ0) is 11.6. The van der Waals surface area contributed by atoms with Crippen molar-refractivity contribution in [3.63, 3.8) is 0 Å². The van der Waals surface area contributed by atoms with E-state index in [0.29, 0.717) is 0 Å². The molecular formula is C8H10F6. The molecule has 0 bridgehead atoms. The minimum absolute atomic E-state index is 0.661. The van der Waals surface area contributed by atoms with E-state index >= 15 is 0 Å². The average molecular weight is 220 g/mol. The molecule has 0 amide bonds. The van der Waals surface area contributed by atoms with Gasteiger partial charge in [0, 0.05) is 11.1 Å². The summed E-state index contributed by atoms with van der Waals surface area (Å²) in [6.07, 6.45) is -11.1. The molecule has 14 heavy (non-hydrogen) atoms. The zero-order valence-corrected chi connectivity index (χ0v) is 7.68. The predicted octanol–water partition coefficient (Wildman–Crippen LogP) is 4.23. The Hall–Kier alpha value is -0.680. The Kier molecular flexibility index (Phi) is 4.02. The Morgan fingerprint density at radius 1 is 0.714 bits per heavy atom. The molecule has 0 heterocycles. The molecule has 0 saturated carbocycles. The normalized spacial score (nSPS) is 15.4. The number of hydrogen-bond donors (Lipinski definition) is 0. The maximum Gasteiger partial charge on any atom is 0.412 e. The molecule has 0 nitrogen and oxygen atoms in total. The highest BCUT2D eigenvalue weighted by Gasteiger charge is 2.43. The van der Waals surface area contributed by atoms with Crippen LogP contribution in [-0.2, 0) is 0 Å². The number of alkyl halides is 6. The van der Waals surface area contributed by atoms with Gasteiger partial charge in [-0.2, -0.15) is 26.3 Å². The minimum atomic E-state index is -4.89. The van der Waals surface area contributed by atoms with Crippen molar-refractivity contribution in [3.8, 4) is 0 Å². The molecule has 0 unspecified atom stereocenters. The Morgan fingerprint density at radius 2 is 0.929 bits per heavy atom. The first kappa shape index (κ1) is 13.3. The maximum atomic E-state index is 12.1. The molecule has 0 aliphatic rings. The van der Waals surface area contributed by atoms with Crippen molar-refractivity contribution in [2.75, 3.05) is 0 Å². The van der Waals surface area contributed by atoms with Crippen molar-refractivity contribution in [2.24, 2.45) is 0 Å². The molecule has 0 aliphatic heterocycles. The standard InChI is InChI=1S/C8H10F6/c1-3-5(7(9,10)11)6(4-2)8(12,13)14/h3-4H2,1-2H3. The molecule has 0 rings (SSSR count). The van der Waals surface area contributed by atoms with Crippen LogP contribution in [0.1, 0.15) is 26.7 Å². The highest BCUT2D eigenvalue weighted by atomic mass is 19.4. The first-order chi connectivity index (χ1) is 6.14. The van der Waals surface area contributed by atoms with Crippen LogP contribution in [0.25, 0.3) is 0 Å². The second-order valence-corrected chi connectivity index (χ2v) is 2.66. The first-order valence-corrected chi connectivity index (χ1v) is 4.01. The molecule has 0 aromatic carbocycles. The lowest BCUT2D eigenvalue weighted by molar-refractivity contribution is -0.118. The largest absolute Gasteiger partial charge is 0.412 e. The van der Waals surface area contributed by atoms with E-state index in [2.05, 4.69) is 0 Å². The molecule has 0 aromatic rings. The third kappa shape index (κ3) is 3.23. The van der Waals surface area contributed by atoms with Gasteiger partial charge in [0.1, 0.15) is 0 Å². The molecule has 0 fully saturated rings. The van der Waals surface area contributed by atoms with Gasteiger partial charge in [-0.3, -0.25) is 0 Å². The fraction of sp³-hybridized carbons (Fsp3) is 0.750. The van der Waals surface area contributed by atoms with Crippen molar-refractivity contribution in [1.29, 1.82) is 0 Å². The summed E-state index contributed by atoms with van der Waals surface area (Å²) in [6, 6.07) is 0. The first-order valence-electron chi connectivity index (χ1n) is 4.01. The van der Waals surface area contributed by atoms with Crippen molar-refractivity contribution in [1.82, 2.24) is 0 Å². The third-order valence-corrected chi connectivity index (χ3v) is 1.76. The van der Waals surface area contributed by atoms with Gasteiger partial charge in [-0.05, 0) is 12.8 Å². The molecule has 0 saturated heterocycles. The second-order valence-electron chi connectivity index (χ2n) is 2.66. The quantitative estimate of drug-likeness (QED) is 0.482. The van der Waals surface area contributed by atoms with Gasteiger partial charge in [0.05, 0.1) is 0 Å². The van der Waals surface area contributed by atoms with E-state index in [0.717, 1.165) is 13.8 Å². The summed E-state index contributed by atoms with van der Waals surface area (Å²) in [5, 5.41) is 0. The Labute approximate surface area is 77.6 Å². The van der Waals surface area contributed by atoms with Crippen molar-refractivity contribution < 1.29 is 26.3 Å². The van der Waals surface area contributed by atoms with Gasteiger partial charge < -0.3 is 0 Å². The highest BCUT2D eigenvalue weighted by Crippen LogP contribution is 2.39. The van der Waals surface area contributed by atoms with Crippen molar-refractivity contribution in [2.45, 2.75) is 39.0 Å². The highest BCUT2D eigenvalue weighted by molar-refractivity contribution is 5.22. The van der Waals surface area contributed by atoms with Gasteiger partial charge in [-0.25, -0.2) is 0 Å². The summed E-state index contributed by atoms with van der Waals surface area (Å²) in [5.74, 6) is 0. The minimum Gasteiger partial charge on any atom is -0.166 e. The topological polar surface area (TPSA) is 0 Å². The van der Waals surface area contributed by atoms with Crippen LogP contribution in [0.15, 0.2) is 11.1 Å². The van der Waals surface area contributed by atoms with Crippen molar-refractivity contribution in [3.05, 3.63) is 11.1 Å². The lowest BCUT2D eigenvalue weighted by Crippen LogP contribution is -2.21. The molecule has 0 N–H and O–H groups in total. The van der Waals surface area contributed by atoms with Crippen LogP contribution in [0.5, 0.6) is 0 Å². The Bertz CT molecular complexity index is 195. The van der Waals surface area contributed by atoms with Crippen LogP contribution in [0.3, 0.4) is 0 Å². The van der Waals surface area contributed by atoms with E-state index in [1.54, 1.807) is 0 Å². The third-order valence-electron chi connectivity index (χ3n) is 1.76. The maximum absolute atomic E-state index is 12.1. The molecule has 84 valence electrons. The van der Waals surface area contributed by atoms with Crippen LogP contribution in [0, 0.1) is 0 Å². The Balaban J connectivity index is 5.36. The van der Waals surface area contributed by atoms with Gasteiger partial charge in [-0.1, -0.05) is 13.8 Å². The molecule has 0 radical (unpaired) electrons. The number of allylic oxidation sites excluding steroid dienone is 2. The molecule has 0 spiro atoms. The molecular weight excluding hydrogens is 210 g/mol. The summed E-state index contributed by atoms with van der Waals surface area (Å²) in [6.45, 7) is 2.12. The van der Waals surface area contributed by atoms with Gasteiger partial charge in [-0.15, -0.1) is 0 Å². The summed E-state index contributed by atoms with van der Waals surface area (Å²) in [7, 11) is 0. The fourth-order valence-corrected chi connectivity index (χ4v) is 1.17. The summed E-state index contributed by atoms with van der Waals surface area (Å²) in [5.41, 5.74) is -2.96. The average Bonchev–Trinajstić information content (AvgIpc) is 1.94. The van der Waals surface area contributed by atoms with E-state index in [1.165, 1.54) is 0 Å². The van der Waals surface area contributed by atoms with Crippen LogP contribution >= 0.6 is 0 Å². The fourth-order valence-electron chi connectivity index (χ4n) is 1.17. The van der Waals surface area contributed by atoms with E-state index in [1.807, 2.05) is 0 Å². The lowest BCUT2D eigenvalue weighted by Gasteiger charge is -2.17. The molecule has 6 heteroatoms. The zero-order valence-electron chi connectivity index (χ0n) is 7.68. The predicted molar refractivity (Wildman–Crippen MR) is 39.7 cm³/mol. The number of rotatable bonds is 2. The Morgan fingerprint density at radius 3 is 1.00 bits per heavy atom. The molecule has 0 aliphatic carbocycles. The lowest BCUT2D eigenvalue weighted by atomic mass is 10.0. The summed E-state index contributed by atoms with van der Waals surface area (Å²) >= 11 is 0.